The van der Waals surface area contributed by atoms with Crippen LogP contribution in [0.5, 0.6) is 0 Å². The third-order valence-corrected chi connectivity index (χ3v) is 6.82. The van der Waals surface area contributed by atoms with Gasteiger partial charge in [-0.15, -0.1) is 0 Å². The first-order chi connectivity index (χ1) is 12.8. The number of imidazole rings is 1. The minimum absolute atomic E-state index is 0.0379. The van der Waals surface area contributed by atoms with Crippen LogP contribution in [0.2, 0.25) is 0 Å². The first kappa shape index (κ1) is 19.3. The number of rotatable bonds is 5. The van der Waals surface area contributed by atoms with Crippen molar-refractivity contribution in [2.24, 2.45) is 0 Å². The lowest BCUT2D eigenvalue weighted by molar-refractivity contribution is 0.0734. The van der Waals surface area contributed by atoms with Crippen LogP contribution in [-0.2, 0) is 9.84 Å². The summed E-state index contributed by atoms with van der Waals surface area (Å²) in [5.74, 6) is -0.453. The molecule has 0 radical (unpaired) electrons. The van der Waals surface area contributed by atoms with Crippen LogP contribution in [0.4, 0.5) is 0 Å². The molecule has 0 spiro atoms. The van der Waals surface area contributed by atoms with Gasteiger partial charge >= 0.3 is 0 Å². The summed E-state index contributed by atoms with van der Waals surface area (Å²) in [7, 11) is -1.52. The molecule has 0 N–H and O–H groups in total. The normalized spacial score (nSPS) is 18.6. The number of aromatic nitrogens is 2. The maximum absolute atomic E-state index is 13.0. The van der Waals surface area contributed by atoms with Gasteiger partial charge in [0.2, 0.25) is 5.82 Å². The number of hydrogen-bond donors (Lipinski definition) is 0. The van der Waals surface area contributed by atoms with E-state index in [1.54, 1.807) is 40.7 Å². The van der Waals surface area contributed by atoms with E-state index in [1.165, 1.54) is 4.90 Å². The number of fused-ring (bicyclic) bond motifs is 1. The molecule has 146 valence electrons. The van der Waals surface area contributed by atoms with E-state index in [1.807, 2.05) is 13.8 Å². The molecule has 1 unspecified atom stereocenters. The topological polar surface area (TPSA) is 92.1 Å². The first-order valence-electron chi connectivity index (χ1n) is 9.03. The van der Waals surface area contributed by atoms with Crippen molar-refractivity contribution in [1.82, 2.24) is 19.2 Å². The Bertz CT molecular complexity index is 978. The predicted octanol–water partition coefficient (Wildman–Crippen LogP) is 1.08. The van der Waals surface area contributed by atoms with Crippen molar-refractivity contribution in [2.45, 2.75) is 26.3 Å². The van der Waals surface area contributed by atoms with Crippen LogP contribution in [0.25, 0.3) is 5.52 Å². The number of sulfone groups is 1. The van der Waals surface area contributed by atoms with Gasteiger partial charge in [0, 0.05) is 32.4 Å². The van der Waals surface area contributed by atoms with Gasteiger partial charge < -0.3 is 9.80 Å². The minimum atomic E-state index is -3.11. The molecule has 9 heteroatoms. The molecule has 0 aliphatic carbocycles. The fourth-order valence-electron chi connectivity index (χ4n) is 3.41. The van der Waals surface area contributed by atoms with Gasteiger partial charge in [-0.25, -0.2) is 13.4 Å². The lowest BCUT2D eigenvalue weighted by Gasteiger charge is -2.22. The van der Waals surface area contributed by atoms with Crippen LogP contribution in [0.15, 0.2) is 24.4 Å². The van der Waals surface area contributed by atoms with Crippen LogP contribution < -0.4 is 0 Å². The molecule has 2 aromatic rings. The Balaban J connectivity index is 2.00. The first-order valence-corrected chi connectivity index (χ1v) is 10.8. The Morgan fingerprint density at radius 2 is 1.93 bits per heavy atom. The van der Waals surface area contributed by atoms with Crippen LogP contribution in [0.3, 0.4) is 0 Å². The summed E-state index contributed by atoms with van der Waals surface area (Å²) in [5.41, 5.74) is 0.792. The van der Waals surface area contributed by atoms with Gasteiger partial charge in [-0.1, -0.05) is 6.07 Å². The molecule has 1 aliphatic rings. The third-order valence-electron chi connectivity index (χ3n) is 5.07. The minimum Gasteiger partial charge on any atom is -0.338 e. The Morgan fingerprint density at radius 3 is 2.52 bits per heavy atom. The Kier molecular flexibility index (Phi) is 5.23. The number of carbonyl (C=O) groups is 2. The van der Waals surface area contributed by atoms with Gasteiger partial charge in [-0.05, 0) is 32.4 Å². The van der Waals surface area contributed by atoms with Gasteiger partial charge in [0.05, 0.1) is 17.0 Å². The van der Waals surface area contributed by atoms with Gasteiger partial charge in [0.15, 0.2) is 15.5 Å². The quantitative estimate of drug-likeness (QED) is 0.759. The van der Waals surface area contributed by atoms with Crippen molar-refractivity contribution >= 4 is 27.2 Å². The second kappa shape index (κ2) is 7.30. The van der Waals surface area contributed by atoms with E-state index >= 15 is 0 Å². The molecular weight excluding hydrogens is 368 g/mol. The molecular formula is C18H24N4O4S. The van der Waals surface area contributed by atoms with Crippen molar-refractivity contribution in [2.75, 3.05) is 31.6 Å². The average Bonchev–Trinajstić information content (AvgIpc) is 3.21. The second-order valence-electron chi connectivity index (χ2n) is 6.69. The fourth-order valence-corrected chi connectivity index (χ4v) is 5.19. The highest BCUT2D eigenvalue weighted by Gasteiger charge is 2.35. The molecule has 2 amide bonds. The number of hydrogen-bond acceptors (Lipinski definition) is 5. The van der Waals surface area contributed by atoms with Crippen molar-refractivity contribution < 1.29 is 18.0 Å². The van der Waals surface area contributed by atoms with E-state index in [-0.39, 0.29) is 35.0 Å². The maximum atomic E-state index is 13.0. The zero-order valence-electron chi connectivity index (χ0n) is 15.8. The standard InChI is InChI=1S/C18H24N4O4S/c1-4-21(5-2)17(23)15-14-8-6-7-10-22(14)16(19-15)18(24)20(3)13-9-11-27(25,26)12-13/h6-8,10,13H,4-5,9,11-12H2,1-3H3. The SMILES string of the molecule is CCN(CC)C(=O)c1nc(C(=O)N(C)C2CCS(=O)(=O)C2)n2ccccc12. The van der Waals surface area contributed by atoms with E-state index < -0.39 is 15.7 Å². The maximum Gasteiger partial charge on any atom is 0.290 e. The molecule has 0 bridgehead atoms. The second-order valence-corrected chi connectivity index (χ2v) is 8.92. The molecule has 3 heterocycles. The summed E-state index contributed by atoms with van der Waals surface area (Å²) in [6, 6.07) is 4.93. The van der Waals surface area contributed by atoms with Gasteiger partial charge in [0.25, 0.3) is 11.8 Å². The van der Waals surface area contributed by atoms with Gasteiger partial charge in [-0.2, -0.15) is 0 Å². The van der Waals surface area contributed by atoms with Crippen molar-refractivity contribution in [1.29, 1.82) is 0 Å². The predicted molar refractivity (Wildman–Crippen MR) is 102 cm³/mol. The van der Waals surface area contributed by atoms with Gasteiger partial charge in [0.1, 0.15) is 0 Å². The summed E-state index contributed by atoms with van der Waals surface area (Å²) >= 11 is 0. The molecule has 1 atom stereocenters. The highest BCUT2D eigenvalue weighted by molar-refractivity contribution is 7.91. The van der Waals surface area contributed by atoms with E-state index in [4.69, 9.17) is 0 Å². The van der Waals surface area contributed by atoms with E-state index in [0.29, 0.717) is 25.0 Å². The summed E-state index contributed by atoms with van der Waals surface area (Å²) in [6.07, 6.45) is 2.10. The molecule has 27 heavy (non-hydrogen) atoms. The van der Waals surface area contributed by atoms with Crippen LogP contribution in [-0.4, -0.2) is 77.1 Å². The fraction of sp³-hybridized carbons (Fsp3) is 0.500. The van der Waals surface area contributed by atoms with E-state index in [2.05, 4.69) is 4.98 Å². The van der Waals surface area contributed by atoms with Crippen LogP contribution >= 0.6 is 0 Å². The number of nitrogens with zero attached hydrogens (tertiary/aromatic N) is 4. The molecule has 1 saturated heterocycles. The Morgan fingerprint density at radius 1 is 1.22 bits per heavy atom. The van der Waals surface area contributed by atoms with E-state index in [9.17, 15) is 18.0 Å². The molecule has 1 aliphatic heterocycles. The number of amides is 2. The average molecular weight is 392 g/mol. The lowest BCUT2D eigenvalue weighted by atomic mass is 10.2. The van der Waals surface area contributed by atoms with Crippen LogP contribution in [0.1, 0.15) is 41.4 Å². The molecule has 8 nitrogen and oxygen atoms in total. The summed E-state index contributed by atoms with van der Waals surface area (Å²) in [6.45, 7) is 4.87. The molecule has 0 saturated carbocycles. The highest BCUT2D eigenvalue weighted by Crippen LogP contribution is 2.21. The summed E-state index contributed by atoms with van der Waals surface area (Å²) in [5, 5.41) is 0. The smallest absolute Gasteiger partial charge is 0.290 e. The van der Waals surface area contributed by atoms with E-state index in [0.717, 1.165) is 0 Å². The van der Waals surface area contributed by atoms with Crippen molar-refractivity contribution in [3.05, 3.63) is 35.9 Å². The number of pyridine rings is 1. The third kappa shape index (κ3) is 3.55. The highest BCUT2D eigenvalue weighted by atomic mass is 32.2. The zero-order chi connectivity index (χ0) is 19.8. The molecule has 0 aromatic carbocycles. The number of carbonyl (C=O) groups excluding carboxylic acids is 2. The lowest BCUT2D eigenvalue weighted by Crippen LogP contribution is -2.38. The molecule has 1 fully saturated rings. The Labute approximate surface area is 158 Å². The summed E-state index contributed by atoms with van der Waals surface area (Å²) < 4.78 is 25.1. The van der Waals surface area contributed by atoms with Crippen LogP contribution in [0, 0.1) is 0 Å². The monoisotopic (exact) mass is 392 g/mol. The summed E-state index contributed by atoms with van der Waals surface area (Å²) in [4.78, 5) is 33.3. The van der Waals surface area contributed by atoms with Crippen molar-refractivity contribution in [3.63, 3.8) is 0 Å². The van der Waals surface area contributed by atoms with Crippen molar-refractivity contribution in [3.8, 4) is 0 Å². The molecule has 3 rings (SSSR count). The zero-order valence-corrected chi connectivity index (χ0v) is 16.6. The Hall–Kier alpha value is -2.42. The largest absolute Gasteiger partial charge is 0.338 e. The van der Waals surface area contributed by atoms with Gasteiger partial charge in [-0.3, -0.25) is 14.0 Å². The molecule has 2 aromatic heterocycles.